The molecule has 0 aliphatic carbocycles. The van der Waals surface area contributed by atoms with Gasteiger partial charge in [0, 0.05) is 34.8 Å². The number of aromatic nitrogens is 2. The van der Waals surface area contributed by atoms with Gasteiger partial charge in [0.2, 0.25) is 0 Å². The first-order valence-corrected chi connectivity index (χ1v) is 10.4. The summed E-state index contributed by atoms with van der Waals surface area (Å²) in [7, 11) is 0. The zero-order valence-corrected chi connectivity index (χ0v) is 17.5. The van der Waals surface area contributed by atoms with Crippen molar-refractivity contribution in [3.8, 4) is 0 Å². The number of rotatable bonds is 5. The van der Waals surface area contributed by atoms with Crippen LogP contribution in [0.5, 0.6) is 0 Å². The van der Waals surface area contributed by atoms with Crippen LogP contribution in [0.15, 0.2) is 23.1 Å². The van der Waals surface area contributed by atoms with Crippen LogP contribution in [0.3, 0.4) is 0 Å². The van der Waals surface area contributed by atoms with E-state index in [4.69, 9.17) is 9.72 Å². The molecule has 1 aromatic carbocycles. The summed E-state index contributed by atoms with van der Waals surface area (Å²) in [6, 6.07) is 6.54. The first kappa shape index (κ1) is 19.7. The highest BCUT2D eigenvalue weighted by molar-refractivity contribution is 8.00. The summed E-state index contributed by atoms with van der Waals surface area (Å²) in [5, 5.41) is 9.56. The molecule has 0 amide bonds. The second-order valence-corrected chi connectivity index (χ2v) is 10.8. The maximum atomic E-state index is 9.56. The molecule has 1 fully saturated rings. The van der Waals surface area contributed by atoms with Gasteiger partial charge in [-0.2, -0.15) is 0 Å². The number of nitrogens with zero attached hydrogens (tertiary/aromatic N) is 2. The fourth-order valence-electron chi connectivity index (χ4n) is 3.47. The Hall–Kier alpha value is -1.04. The number of aliphatic hydroxyl groups is 1. The first-order chi connectivity index (χ1) is 12.2. The van der Waals surface area contributed by atoms with Crippen LogP contribution in [0.1, 0.15) is 53.3 Å². The quantitative estimate of drug-likeness (QED) is 0.773. The monoisotopic (exact) mass is 376 g/mol. The van der Waals surface area contributed by atoms with E-state index in [0.717, 1.165) is 48.8 Å². The molecule has 0 radical (unpaired) electrons. The fraction of sp³-hybridized carbons (Fsp3) is 0.667. The molecule has 1 aliphatic rings. The molecule has 0 atom stereocenters. The number of thioether (sulfide) groups is 1. The molecule has 0 saturated carbocycles. The number of aliphatic hydroxyl groups excluding tert-OH is 1. The summed E-state index contributed by atoms with van der Waals surface area (Å²) in [4.78, 5) is 6.18. The molecule has 0 spiro atoms. The van der Waals surface area contributed by atoms with Crippen molar-refractivity contribution in [1.29, 1.82) is 0 Å². The molecular weight excluding hydrogens is 344 g/mol. The lowest BCUT2D eigenvalue weighted by molar-refractivity contribution is 0.0611. The van der Waals surface area contributed by atoms with Crippen LogP contribution in [0.2, 0.25) is 0 Å². The van der Waals surface area contributed by atoms with Crippen molar-refractivity contribution in [2.24, 2.45) is 5.92 Å². The molecule has 1 saturated heterocycles. The van der Waals surface area contributed by atoms with Gasteiger partial charge < -0.3 is 14.4 Å². The lowest BCUT2D eigenvalue weighted by Gasteiger charge is -2.26. The van der Waals surface area contributed by atoms with Crippen molar-refractivity contribution in [1.82, 2.24) is 9.55 Å². The van der Waals surface area contributed by atoms with E-state index in [1.54, 1.807) is 11.8 Å². The normalized spacial score (nSPS) is 17.2. The Balaban J connectivity index is 1.98. The van der Waals surface area contributed by atoms with Gasteiger partial charge in [-0.25, -0.2) is 4.98 Å². The van der Waals surface area contributed by atoms with Crippen LogP contribution in [0.4, 0.5) is 0 Å². The Labute approximate surface area is 161 Å². The van der Waals surface area contributed by atoms with Crippen LogP contribution < -0.4 is 0 Å². The summed E-state index contributed by atoms with van der Waals surface area (Å²) in [6.45, 7) is 13.7. The number of benzene rings is 1. The van der Waals surface area contributed by atoms with E-state index < -0.39 is 0 Å². The van der Waals surface area contributed by atoms with Crippen LogP contribution >= 0.6 is 11.8 Å². The highest BCUT2D eigenvalue weighted by atomic mass is 32.2. The third kappa shape index (κ3) is 4.44. The molecule has 26 heavy (non-hydrogen) atoms. The van der Waals surface area contributed by atoms with Gasteiger partial charge in [0.05, 0.1) is 17.6 Å². The Morgan fingerprint density at radius 1 is 1.19 bits per heavy atom. The maximum absolute atomic E-state index is 9.56. The lowest BCUT2D eigenvalue weighted by atomic mass is 9.94. The Morgan fingerprint density at radius 2 is 1.88 bits per heavy atom. The van der Waals surface area contributed by atoms with E-state index in [1.165, 1.54) is 5.52 Å². The highest BCUT2D eigenvalue weighted by Gasteiger charge is 2.26. The number of hydrogen-bond acceptors (Lipinski definition) is 4. The van der Waals surface area contributed by atoms with Crippen molar-refractivity contribution in [3.05, 3.63) is 24.0 Å². The Morgan fingerprint density at radius 3 is 2.50 bits per heavy atom. The summed E-state index contributed by atoms with van der Waals surface area (Å²) < 4.78 is 7.77. The van der Waals surface area contributed by atoms with E-state index in [2.05, 4.69) is 57.4 Å². The second-order valence-electron chi connectivity index (χ2n) is 9.02. The van der Waals surface area contributed by atoms with Gasteiger partial charge >= 0.3 is 0 Å². The van der Waals surface area contributed by atoms with Crippen molar-refractivity contribution < 1.29 is 9.84 Å². The lowest BCUT2D eigenvalue weighted by Crippen LogP contribution is -2.25. The van der Waals surface area contributed by atoms with Crippen molar-refractivity contribution in [2.45, 2.75) is 69.1 Å². The van der Waals surface area contributed by atoms with E-state index in [0.29, 0.717) is 5.92 Å². The van der Waals surface area contributed by atoms with E-state index in [1.807, 2.05) is 0 Å². The van der Waals surface area contributed by atoms with Crippen LogP contribution in [-0.4, -0.2) is 39.2 Å². The van der Waals surface area contributed by atoms with Gasteiger partial charge in [-0.1, -0.05) is 20.8 Å². The average Bonchev–Trinajstić information content (AvgIpc) is 2.93. The number of ether oxygens (including phenoxy) is 1. The number of imidazole rings is 1. The van der Waals surface area contributed by atoms with Gasteiger partial charge in [0.15, 0.2) is 0 Å². The minimum atomic E-state index is -0.189. The largest absolute Gasteiger partial charge is 0.395 e. The Bertz CT molecular complexity index is 755. The number of fused-ring (bicyclic) bond motifs is 1. The first-order valence-electron chi connectivity index (χ1n) is 9.58. The molecule has 0 unspecified atom stereocenters. The minimum absolute atomic E-state index is 0.00185. The van der Waals surface area contributed by atoms with Gasteiger partial charge in [-0.05, 0) is 50.8 Å². The highest BCUT2D eigenvalue weighted by Crippen LogP contribution is 2.35. The summed E-state index contributed by atoms with van der Waals surface area (Å²) in [5.74, 6) is 1.81. The van der Waals surface area contributed by atoms with Crippen molar-refractivity contribution in [3.63, 3.8) is 0 Å². The van der Waals surface area contributed by atoms with Gasteiger partial charge in [-0.15, -0.1) is 11.8 Å². The van der Waals surface area contributed by atoms with Gasteiger partial charge in [-0.3, -0.25) is 0 Å². The second kappa shape index (κ2) is 7.53. The SMILES string of the molecule is CC(C)(CO)Sc1ccc2c(c1)nc(C(C)(C)C)n2CC1CCOCC1. The van der Waals surface area contributed by atoms with Crippen LogP contribution in [0.25, 0.3) is 11.0 Å². The van der Waals surface area contributed by atoms with Gasteiger partial charge in [0.1, 0.15) is 5.82 Å². The predicted molar refractivity (Wildman–Crippen MR) is 109 cm³/mol. The molecular formula is C21H32N2O2S. The molecule has 4 nitrogen and oxygen atoms in total. The molecule has 144 valence electrons. The summed E-state index contributed by atoms with van der Waals surface area (Å²) in [6.07, 6.45) is 2.25. The standard InChI is InChI=1S/C21H32N2O2S/c1-20(2,3)19-22-17-12-16(26-21(4,5)14-24)6-7-18(17)23(19)13-15-8-10-25-11-9-15/h6-7,12,15,24H,8-11,13-14H2,1-5H3. The maximum Gasteiger partial charge on any atom is 0.115 e. The molecule has 0 bridgehead atoms. The molecule has 2 heterocycles. The van der Waals surface area contributed by atoms with E-state index in [9.17, 15) is 5.11 Å². The van der Waals surface area contributed by atoms with Crippen LogP contribution in [-0.2, 0) is 16.7 Å². The zero-order chi connectivity index (χ0) is 18.9. The third-order valence-corrected chi connectivity index (χ3v) is 6.12. The molecule has 2 aromatic rings. The summed E-state index contributed by atoms with van der Waals surface area (Å²) >= 11 is 1.70. The molecule has 1 aromatic heterocycles. The van der Waals surface area contributed by atoms with Crippen LogP contribution in [0, 0.1) is 5.92 Å². The molecule has 3 rings (SSSR count). The topological polar surface area (TPSA) is 47.3 Å². The van der Waals surface area contributed by atoms with Gasteiger partial charge in [0.25, 0.3) is 0 Å². The Kier molecular flexibility index (Phi) is 5.71. The van der Waals surface area contributed by atoms with E-state index in [-0.39, 0.29) is 16.8 Å². The van der Waals surface area contributed by atoms with Crippen molar-refractivity contribution >= 4 is 22.8 Å². The van der Waals surface area contributed by atoms with E-state index >= 15 is 0 Å². The van der Waals surface area contributed by atoms with Crippen molar-refractivity contribution in [2.75, 3.05) is 19.8 Å². The third-order valence-electron chi connectivity index (χ3n) is 4.95. The smallest absolute Gasteiger partial charge is 0.115 e. The number of hydrogen-bond donors (Lipinski definition) is 1. The summed E-state index contributed by atoms with van der Waals surface area (Å²) in [5.41, 5.74) is 2.27. The minimum Gasteiger partial charge on any atom is -0.395 e. The average molecular weight is 377 g/mol. The zero-order valence-electron chi connectivity index (χ0n) is 16.7. The molecule has 5 heteroatoms. The fourth-order valence-corrected chi connectivity index (χ4v) is 4.48. The predicted octanol–water partition coefficient (Wildman–Crippen LogP) is 4.62. The molecule has 1 aliphatic heterocycles. The molecule has 1 N–H and O–H groups in total.